The first kappa shape index (κ1) is 15.6. The number of rotatable bonds is 4. The van der Waals surface area contributed by atoms with E-state index in [0.29, 0.717) is 21.5 Å². The Morgan fingerprint density at radius 2 is 2.00 bits per heavy atom. The van der Waals surface area contributed by atoms with Crippen LogP contribution in [-0.2, 0) is 13.5 Å². The molecule has 0 bridgehead atoms. The first-order valence-corrected chi connectivity index (χ1v) is 7.17. The highest BCUT2D eigenvalue weighted by Gasteiger charge is 2.20. The molecule has 1 heterocycles. The largest absolute Gasteiger partial charge is 0.271 e. The second-order valence-electron chi connectivity index (χ2n) is 4.54. The van der Waals surface area contributed by atoms with Crippen LogP contribution in [0.4, 0.5) is 0 Å². The van der Waals surface area contributed by atoms with Crippen molar-refractivity contribution >= 4 is 34.8 Å². The molecule has 1 unspecified atom stereocenters. The molecule has 20 heavy (non-hydrogen) atoms. The van der Waals surface area contributed by atoms with Gasteiger partial charge in [0.15, 0.2) is 0 Å². The Labute approximate surface area is 132 Å². The number of hydrogen-bond donors (Lipinski definition) is 2. The van der Waals surface area contributed by atoms with Gasteiger partial charge in [0, 0.05) is 13.5 Å². The maximum absolute atomic E-state index is 6.26. The van der Waals surface area contributed by atoms with Crippen molar-refractivity contribution < 1.29 is 0 Å². The summed E-state index contributed by atoms with van der Waals surface area (Å²) in [4.78, 5) is 0. The Kier molecular flexibility index (Phi) is 4.94. The fourth-order valence-corrected chi connectivity index (χ4v) is 2.82. The van der Waals surface area contributed by atoms with E-state index in [1.165, 1.54) is 0 Å². The van der Waals surface area contributed by atoms with E-state index in [9.17, 15) is 0 Å². The van der Waals surface area contributed by atoms with E-state index >= 15 is 0 Å². The number of hydrazine groups is 1. The van der Waals surface area contributed by atoms with Crippen molar-refractivity contribution in [1.82, 2.24) is 15.2 Å². The van der Waals surface area contributed by atoms with Gasteiger partial charge in [-0.05, 0) is 18.6 Å². The molecule has 0 aliphatic rings. The van der Waals surface area contributed by atoms with Crippen molar-refractivity contribution in [2.75, 3.05) is 0 Å². The Hall–Kier alpha value is -0.780. The number of hydrogen-bond acceptors (Lipinski definition) is 3. The van der Waals surface area contributed by atoms with Crippen molar-refractivity contribution in [3.05, 3.63) is 50.2 Å². The molecule has 1 atom stereocenters. The summed E-state index contributed by atoms with van der Waals surface area (Å²) in [6.45, 7) is 1.86. The zero-order chi connectivity index (χ0) is 14.9. The van der Waals surface area contributed by atoms with Crippen LogP contribution < -0.4 is 11.3 Å². The molecule has 1 aromatic carbocycles. The molecule has 0 amide bonds. The molecule has 0 radical (unpaired) electrons. The average molecular weight is 334 g/mol. The van der Waals surface area contributed by atoms with Gasteiger partial charge >= 0.3 is 0 Å². The van der Waals surface area contributed by atoms with Gasteiger partial charge in [0.25, 0.3) is 0 Å². The highest BCUT2D eigenvalue weighted by atomic mass is 35.5. The van der Waals surface area contributed by atoms with E-state index in [1.54, 1.807) is 10.7 Å². The van der Waals surface area contributed by atoms with Gasteiger partial charge in [-0.15, -0.1) is 0 Å². The number of nitrogens with two attached hydrogens (primary N) is 1. The normalized spacial score (nSPS) is 12.7. The standard InChI is InChI=1S/C13H15Cl3N4/c1-7-12(15)11(20(2)19-7)6-10(18-17)8-4-3-5-9(14)13(8)16/h3-5,10,18H,6,17H2,1-2H3. The first-order valence-electron chi connectivity index (χ1n) is 6.03. The lowest BCUT2D eigenvalue weighted by atomic mass is 10.0. The van der Waals surface area contributed by atoms with Gasteiger partial charge < -0.3 is 0 Å². The summed E-state index contributed by atoms with van der Waals surface area (Å²) < 4.78 is 1.75. The molecule has 0 spiro atoms. The Morgan fingerprint density at radius 3 is 2.55 bits per heavy atom. The van der Waals surface area contributed by atoms with Crippen molar-refractivity contribution in [3.63, 3.8) is 0 Å². The lowest BCUT2D eigenvalue weighted by Crippen LogP contribution is -2.30. The van der Waals surface area contributed by atoms with Crippen molar-refractivity contribution in [1.29, 1.82) is 0 Å². The van der Waals surface area contributed by atoms with Crippen LogP contribution in [0.15, 0.2) is 18.2 Å². The van der Waals surface area contributed by atoms with E-state index in [4.69, 9.17) is 40.6 Å². The lowest BCUT2D eigenvalue weighted by Gasteiger charge is -2.18. The summed E-state index contributed by atoms with van der Waals surface area (Å²) in [5.41, 5.74) is 5.27. The van der Waals surface area contributed by atoms with Crippen molar-refractivity contribution in [2.45, 2.75) is 19.4 Å². The third kappa shape index (κ3) is 2.95. The van der Waals surface area contributed by atoms with E-state index in [0.717, 1.165) is 17.0 Å². The lowest BCUT2D eigenvalue weighted by molar-refractivity contribution is 0.530. The summed E-state index contributed by atoms with van der Waals surface area (Å²) in [5, 5.41) is 5.92. The molecular formula is C13H15Cl3N4. The predicted molar refractivity (Wildman–Crippen MR) is 83.2 cm³/mol. The second kappa shape index (κ2) is 6.33. The predicted octanol–water partition coefficient (Wildman–Crippen LogP) is 3.44. The minimum absolute atomic E-state index is 0.200. The maximum Gasteiger partial charge on any atom is 0.0847 e. The molecule has 0 aliphatic carbocycles. The number of nitrogens with one attached hydrogen (secondary N) is 1. The topological polar surface area (TPSA) is 55.9 Å². The van der Waals surface area contributed by atoms with Crippen LogP contribution in [0.2, 0.25) is 15.1 Å². The van der Waals surface area contributed by atoms with Gasteiger partial charge in [0.05, 0.1) is 32.5 Å². The molecular weight excluding hydrogens is 319 g/mol. The number of nitrogens with zero attached hydrogens (tertiary/aromatic N) is 2. The van der Waals surface area contributed by atoms with E-state index < -0.39 is 0 Å². The molecule has 0 saturated heterocycles. The van der Waals surface area contributed by atoms with Gasteiger partial charge in [-0.2, -0.15) is 5.10 Å². The van der Waals surface area contributed by atoms with E-state index in [2.05, 4.69) is 10.5 Å². The molecule has 3 N–H and O–H groups in total. The molecule has 7 heteroatoms. The first-order chi connectivity index (χ1) is 9.45. The van der Waals surface area contributed by atoms with Crippen LogP contribution >= 0.6 is 34.8 Å². The molecule has 0 fully saturated rings. The third-order valence-electron chi connectivity index (χ3n) is 3.22. The molecule has 0 saturated carbocycles. The minimum Gasteiger partial charge on any atom is -0.271 e. The number of halogens is 3. The zero-order valence-electron chi connectivity index (χ0n) is 11.1. The quantitative estimate of drug-likeness (QED) is 0.665. The monoisotopic (exact) mass is 332 g/mol. The van der Waals surface area contributed by atoms with Crippen LogP contribution in [0.5, 0.6) is 0 Å². The summed E-state index contributed by atoms with van der Waals surface area (Å²) >= 11 is 18.5. The summed E-state index contributed by atoms with van der Waals surface area (Å²) in [7, 11) is 1.85. The van der Waals surface area contributed by atoms with Crippen LogP contribution in [0.25, 0.3) is 0 Å². The smallest absolute Gasteiger partial charge is 0.0847 e. The average Bonchev–Trinajstić information content (AvgIpc) is 2.65. The molecule has 1 aromatic heterocycles. The van der Waals surface area contributed by atoms with Gasteiger partial charge in [-0.25, -0.2) is 0 Å². The summed E-state index contributed by atoms with van der Waals surface area (Å²) in [6, 6.07) is 5.26. The molecule has 2 aromatic rings. The summed E-state index contributed by atoms with van der Waals surface area (Å²) in [6.07, 6.45) is 0.562. The Morgan fingerprint density at radius 1 is 1.30 bits per heavy atom. The third-order valence-corrected chi connectivity index (χ3v) is 4.54. The summed E-state index contributed by atoms with van der Waals surface area (Å²) in [5.74, 6) is 5.65. The van der Waals surface area contributed by atoms with Gasteiger partial charge in [-0.3, -0.25) is 16.0 Å². The van der Waals surface area contributed by atoms with Gasteiger partial charge in [0.2, 0.25) is 0 Å². The molecule has 4 nitrogen and oxygen atoms in total. The molecule has 0 aliphatic heterocycles. The van der Waals surface area contributed by atoms with E-state index in [-0.39, 0.29) is 6.04 Å². The van der Waals surface area contributed by atoms with Gasteiger partial charge in [-0.1, -0.05) is 46.9 Å². The number of aryl methyl sites for hydroxylation is 2. The highest BCUT2D eigenvalue weighted by Crippen LogP contribution is 2.32. The highest BCUT2D eigenvalue weighted by molar-refractivity contribution is 6.42. The maximum atomic E-state index is 6.26. The number of aromatic nitrogens is 2. The van der Waals surface area contributed by atoms with Crippen molar-refractivity contribution in [3.8, 4) is 0 Å². The van der Waals surface area contributed by atoms with E-state index in [1.807, 2.05) is 26.1 Å². The number of benzene rings is 1. The SMILES string of the molecule is Cc1nn(C)c(CC(NN)c2cccc(Cl)c2Cl)c1Cl. The van der Waals surface area contributed by atoms with Crippen LogP contribution in [0.1, 0.15) is 23.0 Å². The van der Waals surface area contributed by atoms with Crippen LogP contribution in [0, 0.1) is 6.92 Å². The van der Waals surface area contributed by atoms with Crippen molar-refractivity contribution in [2.24, 2.45) is 12.9 Å². The van der Waals surface area contributed by atoms with Gasteiger partial charge in [0.1, 0.15) is 0 Å². The Bertz CT molecular complexity index is 624. The van der Waals surface area contributed by atoms with Crippen LogP contribution in [0.3, 0.4) is 0 Å². The zero-order valence-corrected chi connectivity index (χ0v) is 13.4. The second-order valence-corrected chi connectivity index (χ2v) is 5.70. The molecule has 108 valence electrons. The van der Waals surface area contributed by atoms with Crippen LogP contribution in [-0.4, -0.2) is 9.78 Å². The minimum atomic E-state index is -0.200. The molecule has 2 rings (SSSR count). The fraction of sp³-hybridized carbons (Fsp3) is 0.308. The fourth-order valence-electron chi connectivity index (χ4n) is 2.14. The Balaban J connectivity index is 2.36.